The van der Waals surface area contributed by atoms with E-state index in [1.807, 2.05) is 48.5 Å². The van der Waals surface area contributed by atoms with Gasteiger partial charge >= 0.3 is 0 Å². The topological polar surface area (TPSA) is 59.0 Å². The van der Waals surface area contributed by atoms with Gasteiger partial charge in [-0.2, -0.15) is 17.0 Å². The standard InChI is InChI=1S/C19H16N2O2S/c1-22-18-8-6-16(7-9-18)19-21-17(11-23-19)13-24-12-15-4-2-14(10-20)3-5-15/h2-9,11H,12-13H2,1H3. The molecule has 0 radical (unpaired) electrons. The Bertz CT molecular complexity index is 833. The first-order chi connectivity index (χ1) is 11.8. The number of thioether (sulfide) groups is 1. The maximum absolute atomic E-state index is 8.80. The molecule has 3 aromatic rings. The molecule has 2 aromatic carbocycles. The molecule has 1 aromatic heterocycles. The van der Waals surface area contributed by atoms with Crippen molar-refractivity contribution in [3.05, 3.63) is 71.6 Å². The maximum atomic E-state index is 8.80. The molecule has 5 heteroatoms. The van der Waals surface area contributed by atoms with E-state index < -0.39 is 0 Å². The smallest absolute Gasteiger partial charge is 0.226 e. The molecule has 24 heavy (non-hydrogen) atoms. The molecule has 4 nitrogen and oxygen atoms in total. The summed E-state index contributed by atoms with van der Waals surface area (Å²) in [5, 5.41) is 8.80. The van der Waals surface area contributed by atoms with Gasteiger partial charge in [0.25, 0.3) is 0 Å². The van der Waals surface area contributed by atoms with Gasteiger partial charge in [0.05, 0.1) is 24.4 Å². The van der Waals surface area contributed by atoms with E-state index in [4.69, 9.17) is 14.4 Å². The number of nitriles is 1. The quantitative estimate of drug-likeness (QED) is 0.655. The highest BCUT2D eigenvalue weighted by atomic mass is 32.2. The Balaban J connectivity index is 1.56. The van der Waals surface area contributed by atoms with E-state index >= 15 is 0 Å². The number of benzene rings is 2. The van der Waals surface area contributed by atoms with E-state index in [2.05, 4.69) is 11.1 Å². The van der Waals surface area contributed by atoms with E-state index in [1.54, 1.807) is 25.1 Å². The molecule has 0 aliphatic carbocycles. The molecule has 0 aliphatic rings. The van der Waals surface area contributed by atoms with Crippen LogP contribution in [0.15, 0.2) is 59.2 Å². The number of methoxy groups -OCH3 is 1. The predicted molar refractivity (Wildman–Crippen MR) is 94.6 cm³/mol. The molecule has 1 heterocycles. The fraction of sp³-hybridized carbons (Fsp3) is 0.158. The minimum Gasteiger partial charge on any atom is -0.497 e. The van der Waals surface area contributed by atoms with Crippen LogP contribution in [0.4, 0.5) is 0 Å². The second kappa shape index (κ2) is 7.71. The molecule has 0 atom stereocenters. The van der Waals surface area contributed by atoms with Crippen LogP contribution in [0.1, 0.15) is 16.8 Å². The van der Waals surface area contributed by atoms with Crippen LogP contribution in [0.3, 0.4) is 0 Å². The fourth-order valence-electron chi connectivity index (χ4n) is 2.19. The van der Waals surface area contributed by atoms with Crippen LogP contribution in [0.25, 0.3) is 11.5 Å². The summed E-state index contributed by atoms with van der Waals surface area (Å²) in [6.07, 6.45) is 1.70. The Labute approximate surface area is 145 Å². The molecule has 0 amide bonds. The highest BCUT2D eigenvalue weighted by Crippen LogP contribution is 2.24. The fourth-order valence-corrected chi connectivity index (χ4v) is 3.06. The van der Waals surface area contributed by atoms with Crippen molar-refractivity contribution in [2.75, 3.05) is 7.11 Å². The van der Waals surface area contributed by atoms with Crippen molar-refractivity contribution < 1.29 is 9.15 Å². The summed E-state index contributed by atoms with van der Waals surface area (Å²) in [5.41, 5.74) is 3.72. The lowest BCUT2D eigenvalue weighted by Crippen LogP contribution is -1.86. The molecule has 0 saturated carbocycles. The molecular weight excluding hydrogens is 320 g/mol. The van der Waals surface area contributed by atoms with Crippen LogP contribution in [0.2, 0.25) is 0 Å². The van der Waals surface area contributed by atoms with Crippen LogP contribution in [-0.2, 0) is 11.5 Å². The van der Waals surface area contributed by atoms with Gasteiger partial charge in [-0.3, -0.25) is 0 Å². The SMILES string of the molecule is COc1ccc(-c2nc(CSCc3ccc(C#N)cc3)co2)cc1. The lowest BCUT2D eigenvalue weighted by molar-refractivity contribution is 0.415. The van der Waals surface area contributed by atoms with E-state index in [-0.39, 0.29) is 0 Å². The van der Waals surface area contributed by atoms with Gasteiger partial charge in [-0.25, -0.2) is 4.98 Å². The Morgan fingerprint density at radius 2 is 1.83 bits per heavy atom. The second-order valence-corrected chi connectivity index (χ2v) is 6.16. The molecule has 0 fully saturated rings. The van der Waals surface area contributed by atoms with Crippen LogP contribution in [-0.4, -0.2) is 12.1 Å². The lowest BCUT2D eigenvalue weighted by atomic mass is 10.2. The average Bonchev–Trinajstić information content (AvgIpc) is 3.11. The van der Waals surface area contributed by atoms with E-state index in [9.17, 15) is 0 Å². The van der Waals surface area contributed by atoms with Gasteiger partial charge in [-0.05, 0) is 42.0 Å². The Hall–Kier alpha value is -2.71. The number of rotatable bonds is 6. The molecule has 0 aliphatic heterocycles. The number of hydrogen-bond acceptors (Lipinski definition) is 5. The number of aromatic nitrogens is 1. The third kappa shape index (κ3) is 3.98. The Morgan fingerprint density at radius 3 is 2.50 bits per heavy atom. The van der Waals surface area contributed by atoms with E-state index in [0.29, 0.717) is 11.5 Å². The zero-order chi connectivity index (χ0) is 16.8. The van der Waals surface area contributed by atoms with Gasteiger partial charge in [0, 0.05) is 17.1 Å². The van der Waals surface area contributed by atoms with Crippen molar-refractivity contribution >= 4 is 11.8 Å². The maximum Gasteiger partial charge on any atom is 0.226 e. The van der Waals surface area contributed by atoms with Crippen molar-refractivity contribution in [3.8, 4) is 23.3 Å². The molecular formula is C19H16N2O2S. The molecule has 0 saturated heterocycles. The minimum atomic E-state index is 0.617. The minimum absolute atomic E-state index is 0.617. The third-order valence-corrected chi connectivity index (χ3v) is 4.53. The highest BCUT2D eigenvalue weighted by Gasteiger charge is 2.07. The van der Waals surface area contributed by atoms with Crippen LogP contribution >= 0.6 is 11.8 Å². The second-order valence-electron chi connectivity index (χ2n) is 5.17. The zero-order valence-corrected chi connectivity index (χ0v) is 14.0. The molecule has 0 bridgehead atoms. The normalized spacial score (nSPS) is 10.3. The van der Waals surface area contributed by atoms with Crippen molar-refractivity contribution in [1.82, 2.24) is 4.98 Å². The Kier molecular flexibility index (Phi) is 5.19. The number of hydrogen-bond donors (Lipinski definition) is 0. The summed E-state index contributed by atoms with van der Waals surface area (Å²) in [6, 6.07) is 17.4. The first kappa shape index (κ1) is 16.2. The van der Waals surface area contributed by atoms with Crippen molar-refractivity contribution in [2.24, 2.45) is 0 Å². The first-order valence-corrected chi connectivity index (χ1v) is 8.59. The third-order valence-electron chi connectivity index (χ3n) is 3.49. The summed E-state index contributed by atoms with van der Waals surface area (Å²) in [5.74, 6) is 3.07. The molecule has 3 rings (SSSR count). The van der Waals surface area contributed by atoms with E-state index in [1.165, 1.54) is 5.56 Å². The van der Waals surface area contributed by atoms with Crippen molar-refractivity contribution in [1.29, 1.82) is 5.26 Å². The van der Waals surface area contributed by atoms with Crippen LogP contribution in [0, 0.1) is 11.3 Å². The zero-order valence-electron chi connectivity index (χ0n) is 13.2. The van der Waals surface area contributed by atoms with E-state index in [0.717, 1.165) is 28.5 Å². The molecule has 0 N–H and O–H groups in total. The van der Waals surface area contributed by atoms with Crippen molar-refractivity contribution in [2.45, 2.75) is 11.5 Å². The monoisotopic (exact) mass is 336 g/mol. The van der Waals surface area contributed by atoms with Gasteiger partial charge in [-0.15, -0.1) is 0 Å². The van der Waals surface area contributed by atoms with Crippen molar-refractivity contribution in [3.63, 3.8) is 0 Å². The number of ether oxygens (including phenoxy) is 1. The largest absolute Gasteiger partial charge is 0.497 e. The predicted octanol–water partition coefficient (Wildman–Crippen LogP) is 4.66. The lowest BCUT2D eigenvalue weighted by Gasteiger charge is -2.00. The van der Waals surface area contributed by atoms with Gasteiger partial charge in [-0.1, -0.05) is 12.1 Å². The summed E-state index contributed by atoms with van der Waals surface area (Å²) in [4.78, 5) is 4.52. The Morgan fingerprint density at radius 1 is 1.08 bits per heavy atom. The first-order valence-electron chi connectivity index (χ1n) is 7.44. The summed E-state index contributed by atoms with van der Waals surface area (Å²) in [6.45, 7) is 0. The van der Waals surface area contributed by atoms with Gasteiger partial charge in [0.1, 0.15) is 12.0 Å². The van der Waals surface area contributed by atoms with Crippen LogP contribution < -0.4 is 4.74 Å². The van der Waals surface area contributed by atoms with Gasteiger partial charge in [0.15, 0.2) is 0 Å². The van der Waals surface area contributed by atoms with Gasteiger partial charge in [0.2, 0.25) is 5.89 Å². The average molecular weight is 336 g/mol. The summed E-state index contributed by atoms with van der Waals surface area (Å²) in [7, 11) is 1.64. The number of oxazole rings is 1. The van der Waals surface area contributed by atoms with Gasteiger partial charge < -0.3 is 9.15 Å². The number of nitrogens with zero attached hydrogens (tertiary/aromatic N) is 2. The summed E-state index contributed by atoms with van der Waals surface area (Å²) >= 11 is 1.76. The highest BCUT2D eigenvalue weighted by molar-refractivity contribution is 7.97. The molecule has 0 unspecified atom stereocenters. The molecule has 120 valence electrons. The molecule has 0 spiro atoms. The summed E-state index contributed by atoms with van der Waals surface area (Å²) < 4.78 is 10.7. The van der Waals surface area contributed by atoms with Crippen LogP contribution in [0.5, 0.6) is 5.75 Å².